The number of carbonyl (C=O) groups is 1. The highest BCUT2D eigenvalue weighted by atomic mass is 16.5. The van der Waals surface area contributed by atoms with Gasteiger partial charge in [-0.05, 0) is 30.7 Å². The topological polar surface area (TPSA) is 68.8 Å². The minimum Gasteiger partial charge on any atom is -0.493 e. The molecule has 6 nitrogen and oxygen atoms in total. The Bertz CT molecular complexity index is 714. The monoisotopic (exact) mass is 342 g/mol. The second kappa shape index (κ2) is 8.39. The van der Waals surface area contributed by atoms with Crippen LogP contribution in [0.5, 0.6) is 17.2 Å². The van der Waals surface area contributed by atoms with Gasteiger partial charge in [0.25, 0.3) is 0 Å². The van der Waals surface area contributed by atoms with Crippen LogP contribution < -0.4 is 20.1 Å². The van der Waals surface area contributed by atoms with Gasteiger partial charge >= 0.3 is 6.03 Å². The Balaban J connectivity index is 1.65. The van der Waals surface area contributed by atoms with Gasteiger partial charge in [-0.15, -0.1) is 0 Å². The lowest BCUT2D eigenvalue weighted by Crippen LogP contribution is -2.33. The van der Waals surface area contributed by atoms with E-state index in [0.29, 0.717) is 42.0 Å². The number of rotatable bonds is 6. The van der Waals surface area contributed by atoms with E-state index in [1.807, 2.05) is 36.4 Å². The molecule has 1 fully saturated rings. The zero-order valence-corrected chi connectivity index (χ0v) is 14.2. The van der Waals surface area contributed by atoms with Crippen molar-refractivity contribution < 1.29 is 19.0 Å². The van der Waals surface area contributed by atoms with Crippen LogP contribution in [0, 0.1) is 5.92 Å². The largest absolute Gasteiger partial charge is 0.493 e. The molecule has 1 heterocycles. The molecule has 2 aromatic carbocycles. The number of benzene rings is 2. The second-order valence-electron chi connectivity index (χ2n) is 5.81. The lowest BCUT2D eigenvalue weighted by atomic mass is 10.1. The van der Waals surface area contributed by atoms with Gasteiger partial charge < -0.3 is 24.8 Å². The SMILES string of the molecule is COc1ccccc1Oc1ccccc1NC(=O)NCC1CCOC1. The summed E-state index contributed by atoms with van der Waals surface area (Å²) < 4.78 is 16.5. The van der Waals surface area contributed by atoms with E-state index < -0.39 is 0 Å². The number of urea groups is 1. The molecule has 0 radical (unpaired) electrons. The van der Waals surface area contributed by atoms with E-state index in [2.05, 4.69) is 10.6 Å². The predicted molar refractivity (Wildman–Crippen MR) is 95.5 cm³/mol. The van der Waals surface area contributed by atoms with Crippen LogP contribution in [-0.4, -0.2) is 32.9 Å². The molecule has 1 unspecified atom stereocenters. The number of methoxy groups -OCH3 is 1. The van der Waals surface area contributed by atoms with Gasteiger partial charge in [0.2, 0.25) is 0 Å². The average molecular weight is 342 g/mol. The second-order valence-corrected chi connectivity index (χ2v) is 5.81. The Hall–Kier alpha value is -2.73. The molecule has 0 saturated carbocycles. The molecule has 1 aliphatic heterocycles. The molecule has 0 aromatic heterocycles. The van der Waals surface area contributed by atoms with E-state index >= 15 is 0 Å². The number of ether oxygens (including phenoxy) is 3. The van der Waals surface area contributed by atoms with Crippen LogP contribution in [0.3, 0.4) is 0 Å². The van der Waals surface area contributed by atoms with Crippen LogP contribution in [0.15, 0.2) is 48.5 Å². The molecule has 2 aromatic rings. The summed E-state index contributed by atoms with van der Waals surface area (Å²) in [6.45, 7) is 2.07. The minimum atomic E-state index is -0.261. The van der Waals surface area contributed by atoms with Gasteiger partial charge in [-0.2, -0.15) is 0 Å². The van der Waals surface area contributed by atoms with Gasteiger partial charge in [-0.1, -0.05) is 24.3 Å². The quantitative estimate of drug-likeness (QED) is 0.841. The molecule has 25 heavy (non-hydrogen) atoms. The van der Waals surface area contributed by atoms with Crippen LogP contribution in [0.1, 0.15) is 6.42 Å². The molecule has 1 aliphatic rings. The first kappa shape index (κ1) is 17.1. The molecule has 3 rings (SSSR count). The van der Waals surface area contributed by atoms with Crippen molar-refractivity contribution in [1.29, 1.82) is 0 Å². The van der Waals surface area contributed by atoms with Gasteiger partial charge in [-0.3, -0.25) is 0 Å². The molecular weight excluding hydrogens is 320 g/mol. The molecule has 0 aliphatic carbocycles. The number of anilines is 1. The van der Waals surface area contributed by atoms with Crippen molar-refractivity contribution in [3.05, 3.63) is 48.5 Å². The number of nitrogens with one attached hydrogen (secondary N) is 2. The Kier molecular flexibility index (Phi) is 5.74. The van der Waals surface area contributed by atoms with Gasteiger partial charge in [-0.25, -0.2) is 4.79 Å². The van der Waals surface area contributed by atoms with Crippen molar-refractivity contribution in [3.8, 4) is 17.2 Å². The van der Waals surface area contributed by atoms with E-state index in [1.54, 1.807) is 19.2 Å². The number of amides is 2. The fourth-order valence-corrected chi connectivity index (χ4v) is 2.63. The minimum absolute atomic E-state index is 0.261. The summed E-state index contributed by atoms with van der Waals surface area (Å²) in [5, 5.41) is 5.71. The standard InChI is InChI=1S/C19H22N2O4/c1-23-17-8-4-5-9-18(17)25-16-7-3-2-6-15(16)21-19(22)20-12-14-10-11-24-13-14/h2-9,14H,10-13H2,1H3,(H2,20,21,22). The van der Waals surface area contributed by atoms with E-state index in [1.165, 1.54) is 0 Å². The summed E-state index contributed by atoms with van der Waals surface area (Å²) in [7, 11) is 1.59. The fourth-order valence-electron chi connectivity index (χ4n) is 2.63. The normalized spacial score (nSPS) is 16.3. The van der Waals surface area contributed by atoms with Crippen LogP contribution >= 0.6 is 0 Å². The number of carbonyl (C=O) groups excluding carboxylic acids is 1. The molecule has 1 saturated heterocycles. The van der Waals surface area contributed by atoms with Gasteiger partial charge in [0.05, 0.1) is 19.4 Å². The highest BCUT2D eigenvalue weighted by Crippen LogP contribution is 2.34. The zero-order chi connectivity index (χ0) is 17.5. The Morgan fingerprint density at radius 1 is 1.12 bits per heavy atom. The maximum atomic E-state index is 12.2. The van der Waals surface area contributed by atoms with Crippen molar-refractivity contribution in [2.45, 2.75) is 6.42 Å². The third kappa shape index (κ3) is 4.64. The lowest BCUT2D eigenvalue weighted by Gasteiger charge is -2.15. The third-order valence-corrected chi connectivity index (χ3v) is 4.00. The first-order valence-electron chi connectivity index (χ1n) is 8.29. The Labute approximate surface area is 147 Å². The highest BCUT2D eigenvalue weighted by Gasteiger charge is 2.17. The number of hydrogen-bond donors (Lipinski definition) is 2. The smallest absolute Gasteiger partial charge is 0.319 e. The van der Waals surface area contributed by atoms with Gasteiger partial charge in [0, 0.05) is 19.1 Å². The third-order valence-electron chi connectivity index (χ3n) is 4.00. The van der Waals surface area contributed by atoms with E-state index in [9.17, 15) is 4.79 Å². The number of para-hydroxylation sites is 4. The lowest BCUT2D eigenvalue weighted by molar-refractivity contribution is 0.185. The van der Waals surface area contributed by atoms with Crippen molar-refractivity contribution in [2.24, 2.45) is 5.92 Å². The first-order valence-corrected chi connectivity index (χ1v) is 8.29. The maximum absolute atomic E-state index is 12.2. The average Bonchev–Trinajstić information content (AvgIpc) is 3.16. The predicted octanol–water partition coefficient (Wildman–Crippen LogP) is 3.65. The summed E-state index contributed by atoms with van der Waals surface area (Å²) in [4.78, 5) is 12.2. The fraction of sp³-hybridized carbons (Fsp3) is 0.316. The van der Waals surface area contributed by atoms with Crippen LogP contribution in [-0.2, 0) is 4.74 Å². The highest BCUT2D eigenvalue weighted by molar-refractivity contribution is 5.91. The summed E-state index contributed by atoms with van der Waals surface area (Å²) in [6, 6.07) is 14.4. The maximum Gasteiger partial charge on any atom is 0.319 e. The Morgan fingerprint density at radius 2 is 1.84 bits per heavy atom. The van der Waals surface area contributed by atoms with Crippen molar-refractivity contribution >= 4 is 11.7 Å². The summed E-state index contributed by atoms with van der Waals surface area (Å²) >= 11 is 0. The van der Waals surface area contributed by atoms with Crippen molar-refractivity contribution in [3.63, 3.8) is 0 Å². The van der Waals surface area contributed by atoms with E-state index in [-0.39, 0.29) is 6.03 Å². The first-order chi connectivity index (χ1) is 12.3. The number of hydrogen-bond acceptors (Lipinski definition) is 4. The van der Waals surface area contributed by atoms with Crippen LogP contribution in [0.2, 0.25) is 0 Å². The molecule has 2 amide bonds. The molecule has 0 bridgehead atoms. The molecule has 6 heteroatoms. The van der Waals surface area contributed by atoms with Crippen LogP contribution in [0.4, 0.5) is 10.5 Å². The summed E-state index contributed by atoms with van der Waals surface area (Å²) in [5.41, 5.74) is 0.591. The molecular formula is C19H22N2O4. The van der Waals surface area contributed by atoms with Gasteiger partial charge in [0.1, 0.15) is 0 Å². The van der Waals surface area contributed by atoms with Crippen LogP contribution in [0.25, 0.3) is 0 Å². The molecule has 2 N–H and O–H groups in total. The Morgan fingerprint density at radius 3 is 2.56 bits per heavy atom. The van der Waals surface area contributed by atoms with Gasteiger partial charge in [0.15, 0.2) is 17.2 Å². The molecule has 1 atom stereocenters. The summed E-state index contributed by atoms with van der Waals surface area (Å²) in [5.74, 6) is 2.14. The summed E-state index contributed by atoms with van der Waals surface area (Å²) in [6.07, 6.45) is 0.980. The van der Waals surface area contributed by atoms with Crippen molar-refractivity contribution in [2.75, 3.05) is 32.2 Å². The van der Waals surface area contributed by atoms with E-state index in [4.69, 9.17) is 14.2 Å². The molecule has 132 valence electrons. The molecule has 0 spiro atoms. The van der Waals surface area contributed by atoms with E-state index in [0.717, 1.165) is 13.0 Å². The van der Waals surface area contributed by atoms with Crippen molar-refractivity contribution in [1.82, 2.24) is 5.32 Å². The zero-order valence-electron chi connectivity index (χ0n) is 14.2.